The molecule has 0 amide bonds. The van der Waals surface area contributed by atoms with Crippen molar-refractivity contribution in [2.75, 3.05) is 0 Å². The number of rotatable bonds is 7. The Labute approximate surface area is 240 Å². The Bertz CT molecular complexity index is 1530. The van der Waals surface area contributed by atoms with Gasteiger partial charge in [0.1, 0.15) is 0 Å². The van der Waals surface area contributed by atoms with Crippen LogP contribution in [0.4, 0.5) is 25.2 Å². The zero-order valence-corrected chi connectivity index (χ0v) is 23.7. The van der Waals surface area contributed by atoms with Gasteiger partial charge in [-0.1, -0.05) is 78.5 Å². The molecule has 0 saturated carbocycles. The number of hydrogen-bond donors (Lipinski definition) is 0. The molecule has 10 heteroatoms. The van der Waals surface area contributed by atoms with Crippen LogP contribution in [0, 0.1) is 0 Å². The summed E-state index contributed by atoms with van der Waals surface area (Å²) in [5, 5.41) is 0. The molecule has 0 spiro atoms. The number of benzene rings is 5. The first-order valence-electron chi connectivity index (χ1n) is 12.1. The number of ketones is 1. The van der Waals surface area contributed by atoms with E-state index in [4.69, 9.17) is 0 Å². The van der Waals surface area contributed by atoms with Crippen LogP contribution in [-0.2, 0) is 10.9 Å². The van der Waals surface area contributed by atoms with Gasteiger partial charge in [-0.3, -0.25) is 4.79 Å². The average molecular weight is 621 g/mol. The van der Waals surface area contributed by atoms with Crippen molar-refractivity contribution in [1.82, 2.24) is 0 Å². The molecule has 0 aliphatic heterocycles. The van der Waals surface area contributed by atoms with Crippen molar-refractivity contribution < 1.29 is 30.0 Å². The number of carbonyl (C=O) groups excluding carboxylic acids is 1. The quantitative estimate of drug-likeness (QED) is 0.0779. The fraction of sp³-hybridized carbons (Fsp3) is 0. The van der Waals surface area contributed by atoms with Crippen LogP contribution in [0.5, 0.6) is 0 Å². The Morgan fingerprint density at radius 2 is 0.780 bits per heavy atom. The van der Waals surface area contributed by atoms with Crippen molar-refractivity contribution in [3.8, 4) is 0 Å². The molecule has 0 atom stereocenters. The minimum Gasteiger partial charge on any atom is -0.289 e. The number of halogens is 6. The summed E-state index contributed by atoms with van der Waals surface area (Å²) < 4.78 is 59.2. The van der Waals surface area contributed by atoms with Gasteiger partial charge >= 0.3 is 33.0 Å². The van der Waals surface area contributed by atoms with Gasteiger partial charge in [-0.25, -0.2) is 0 Å². The topological polar surface area (TPSA) is 17.1 Å². The molecule has 0 N–H and O–H groups in total. The van der Waals surface area contributed by atoms with Crippen molar-refractivity contribution in [3.05, 3.63) is 151 Å². The second-order valence-corrected chi connectivity index (χ2v) is 13.8. The van der Waals surface area contributed by atoms with Gasteiger partial charge in [-0.2, -0.15) is 0 Å². The van der Waals surface area contributed by atoms with E-state index < -0.39 is 7.81 Å². The first-order chi connectivity index (χ1) is 19.2. The molecule has 0 aliphatic rings. The Kier molecular flexibility index (Phi) is 8.73. The smallest absolute Gasteiger partial charge is 0.193 e. The summed E-state index contributed by atoms with van der Waals surface area (Å²) in [6.45, 7) is 0. The number of hydrogen-bond acceptors (Lipinski definition) is 2. The Hall–Kier alpha value is -3.52. The monoisotopic (exact) mass is 620 g/mol. The van der Waals surface area contributed by atoms with E-state index in [0.717, 1.165) is 4.90 Å². The van der Waals surface area contributed by atoms with E-state index in [1.165, 1.54) is 19.6 Å². The van der Waals surface area contributed by atoms with Gasteiger partial charge in [0, 0.05) is 20.9 Å². The van der Waals surface area contributed by atoms with Gasteiger partial charge in [-0.05, 0) is 72.8 Å². The van der Waals surface area contributed by atoms with E-state index in [1.54, 1.807) is 11.8 Å². The molecule has 0 aliphatic carbocycles. The summed E-state index contributed by atoms with van der Waals surface area (Å²) in [7, 11) is -10.8. The third-order valence-electron chi connectivity index (χ3n) is 5.41. The fourth-order valence-corrected chi connectivity index (χ4v) is 6.63. The fourth-order valence-electron chi connectivity index (χ4n) is 3.73. The van der Waals surface area contributed by atoms with Crippen molar-refractivity contribution in [2.24, 2.45) is 0 Å². The van der Waals surface area contributed by atoms with Gasteiger partial charge in [0.05, 0.1) is 10.9 Å². The SMILES string of the molecule is F[P-](F)(F)(F)(F)F.O=C(c1ccccc1)c1ccc(Sc2ccc([S+](c3ccccc3)c3ccccc3)cc2)cc1. The molecule has 212 valence electrons. The van der Waals surface area contributed by atoms with Crippen LogP contribution in [0.3, 0.4) is 0 Å². The summed E-state index contributed by atoms with van der Waals surface area (Å²) in [6.07, 6.45) is 0. The third-order valence-corrected chi connectivity index (χ3v) is 8.65. The molecule has 0 heterocycles. The van der Waals surface area contributed by atoms with Crippen LogP contribution in [0.15, 0.2) is 164 Å². The molecule has 0 radical (unpaired) electrons. The molecular formula is C31H23F6OPS2. The van der Waals surface area contributed by atoms with E-state index in [2.05, 4.69) is 84.9 Å². The van der Waals surface area contributed by atoms with E-state index >= 15 is 0 Å². The maximum Gasteiger partial charge on any atom is 0.193 e. The molecule has 41 heavy (non-hydrogen) atoms. The number of carbonyl (C=O) groups is 1. The van der Waals surface area contributed by atoms with E-state index in [9.17, 15) is 30.0 Å². The average Bonchev–Trinajstić information content (AvgIpc) is 2.94. The van der Waals surface area contributed by atoms with Crippen molar-refractivity contribution in [2.45, 2.75) is 24.5 Å². The van der Waals surface area contributed by atoms with Crippen LogP contribution in [-0.4, -0.2) is 5.78 Å². The molecule has 0 aromatic heterocycles. The molecule has 0 bridgehead atoms. The Balaban J connectivity index is 0.000000493. The van der Waals surface area contributed by atoms with Gasteiger partial charge < -0.3 is 0 Å². The largest absolute Gasteiger partial charge is 0.289 e. The molecule has 5 aromatic rings. The van der Waals surface area contributed by atoms with Crippen molar-refractivity contribution in [3.63, 3.8) is 0 Å². The second-order valence-electron chi connectivity index (χ2n) is 8.68. The minimum atomic E-state index is -10.7. The molecule has 0 unspecified atom stereocenters. The summed E-state index contributed by atoms with van der Waals surface area (Å²) >= 11 is 1.71. The zero-order valence-electron chi connectivity index (χ0n) is 21.2. The molecule has 0 fully saturated rings. The maximum atomic E-state index is 12.6. The molecule has 1 nitrogen and oxygen atoms in total. The predicted molar refractivity (Wildman–Crippen MR) is 155 cm³/mol. The van der Waals surface area contributed by atoms with Crippen molar-refractivity contribution in [1.29, 1.82) is 0 Å². The normalized spacial score (nSPS) is 13.0. The zero-order chi connectivity index (χ0) is 29.6. The molecular weight excluding hydrogens is 597 g/mol. The van der Waals surface area contributed by atoms with Crippen LogP contribution in [0.1, 0.15) is 15.9 Å². The summed E-state index contributed by atoms with van der Waals surface area (Å²) in [6, 6.07) is 47.5. The first-order valence-corrected chi connectivity index (χ1v) is 16.2. The van der Waals surface area contributed by atoms with Crippen LogP contribution >= 0.6 is 19.6 Å². The van der Waals surface area contributed by atoms with E-state index in [1.807, 2.05) is 54.6 Å². The van der Waals surface area contributed by atoms with Gasteiger partial charge in [0.2, 0.25) is 0 Å². The maximum absolute atomic E-state index is 12.6. The minimum absolute atomic E-state index is 0.0513. The Morgan fingerprint density at radius 1 is 0.463 bits per heavy atom. The van der Waals surface area contributed by atoms with E-state index in [-0.39, 0.29) is 16.7 Å². The third kappa shape index (κ3) is 10.4. The predicted octanol–water partition coefficient (Wildman–Crippen LogP) is 11.5. The van der Waals surface area contributed by atoms with Crippen molar-refractivity contribution >= 4 is 36.2 Å². The summed E-state index contributed by atoms with van der Waals surface area (Å²) in [5.74, 6) is 0.0513. The molecule has 5 aromatic carbocycles. The van der Waals surface area contributed by atoms with Gasteiger partial charge in [0.25, 0.3) is 0 Å². The summed E-state index contributed by atoms with van der Waals surface area (Å²) in [4.78, 5) is 18.9. The van der Waals surface area contributed by atoms with E-state index in [0.29, 0.717) is 11.1 Å². The van der Waals surface area contributed by atoms with Crippen LogP contribution in [0.2, 0.25) is 0 Å². The summed E-state index contributed by atoms with van der Waals surface area (Å²) in [5.41, 5.74) is 1.42. The van der Waals surface area contributed by atoms with Gasteiger partial charge in [0.15, 0.2) is 20.5 Å². The van der Waals surface area contributed by atoms with Crippen LogP contribution in [0.25, 0.3) is 0 Å². The molecule has 5 rings (SSSR count). The first kappa shape index (κ1) is 30.4. The standard InChI is InChI=1S/C31H23OS2.F6P/c32-31(24-10-4-1-5-11-24)25-16-18-26(19-17-25)33-27-20-22-30(23-21-27)34(28-12-6-2-7-13-28)29-14-8-3-9-15-29;1-7(2,3,4,5)6/h1-23H;/q+1;-1. The Morgan fingerprint density at radius 3 is 1.20 bits per heavy atom. The van der Waals surface area contributed by atoms with Crippen LogP contribution < -0.4 is 0 Å². The van der Waals surface area contributed by atoms with Gasteiger partial charge in [-0.15, -0.1) is 0 Å². The molecule has 0 saturated heterocycles. The second kappa shape index (κ2) is 11.8.